The summed E-state index contributed by atoms with van der Waals surface area (Å²) in [6.45, 7) is 7.77. The zero-order valence-electron chi connectivity index (χ0n) is 17.4. The van der Waals surface area contributed by atoms with Crippen molar-refractivity contribution in [3.63, 3.8) is 0 Å². The molecule has 3 aliphatic rings. The number of likely N-dealkylation sites (N-methyl/N-ethyl adjacent to an activating group) is 2. The number of rotatable bonds is 5. The van der Waals surface area contributed by atoms with Crippen LogP contribution >= 0.6 is 24.0 Å². The highest BCUT2D eigenvalue weighted by Crippen LogP contribution is 2.23. The summed E-state index contributed by atoms with van der Waals surface area (Å²) in [6.07, 6.45) is 4.03. The molecule has 0 radical (unpaired) electrons. The van der Waals surface area contributed by atoms with E-state index in [2.05, 4.69) is 27.0 Å². The lowest BCUT2D eigenvalue weighted by molar-refractivity contribution is -0.130. The minimum atomic E-state index is 0. The summed E-state index contributed by atoms with van der Waals surface area (Å²) in [5, 5.41) is 3.54. The number of carbonyl (C=O) groups is 2. The number of halogens is 1. The maximum atomic E-state index is 12.0. The number of carbonyl (C=O) groups excluding carboxylic acids is 2. The molecule has 28 heavy (non-hydrogen) atoms. The molecule has 3 fully saturated rings. The van der Waals surface area contributed by atoms with Crippen LogP contribution in [0.1, 0.15) is 32.6 Å². The average Bonchev–Trinajstić information content (AvgIpc) is 3.27. The standard InChI is InChI=1S/C19H34N6O2.HI/c1-4-23-9-5-6-15(23)12-20-19(21-13-18(27)22(2)3)24-10-11-25-16(14-24)7-8-17(25)26;/h15-16H,4-14H2,1-3H3,(H,20,21);1H. The van der Waals surface area contributed by atoms with Crippen molar-refractivity contribution in [2.75, 3.05) is 59.9 Å². The van der Waals surface area contributed by atoms with E-state index in [0.29, 0.717) is 12.5 Å². The molecule has 160 valence electrons. The summed E-state index contributed by atoms with van der Waals surface area (Å²) in [7, 11) is 3.51. The lowest BCUT2D eigenvalue weighted by Crippen LogP contribution is -2.57. The van der Waals surface area contributed by atoms with Crippen molar-refractivity contribution < 1.29 is 9.59 Å². The van der Waals surface area contributed by atoms with E-state index in [0.717, 1.165) is 51.6 Å². The van der Waals surface area contributed by atoms with Crippen LogP contribution in [-0.4, -0.2) is 109 Å². The van der Waals surface area contributed by atoms with E-state index in [9.17, 15) is 9.59 Å². The molecule has 0 aromatic rings. The Hall–Kier alpha value is -1.10. The number of hydrogen-bond donors (Lipinski definition) is 1. The summed E-state index contributed by atoms with van der Waals surface area (Å²) >= 11 is 0. The summed E-state index contributed by atoms with van der Waals surface area (Å²) < 4.78 is 0. The second-order valence-electron chi connectivity index (χ2n) is 7.96. The van der Waals surface area contributed by atoms with E-state index in [1.165, 1.54) is 12.8 Å². The maximum absolute atomic E-state index is 12.0. The lowest BCUT2D eigenvalue weighted by Gasteiger charge is -2.39. The number of nitrogens with zero attached hydrogens (tertiary/aromatic N) is 5. The van der Waals surface area contributed by atoms with Gasteiger partial charge in [-0.25, -0.2) is 4.99 Å². The number of likely N-dealkylation sites (tertiary alicyclic amines) is 1. The van der Waals surface area contributed by atoms with Crippen molar-refractivity contribution in [1.82, 2.24) is 24.9 Å². The highest BCUT2D eigenvalue weighted by molar-refractivity contribution is 14.0. The molecule has 8 nitrogen and oxygen atoms in total. The number of piperazine rings is 1. The van der Waals surface area contributed by atoms with Gasteiger partial charge in [-0.3, -0.25) is 14.5 Å². The minimum absolute atomic E-state index is 0. The van der Waals surface area contributed by atoms with Gasteiger partial charge in [0.15, 0.2) is 5.96 Å². The third-order valence-corrected chi connectivity index (χ3v) is 6.06. The van der Waals surface area contributed by atoms with Crippen LogP contribution in [0, 0.1) is 0 Å². The molecule has 0 aromatic carbocycles. The van der Waals surface area contributed by atoms with Crippen LogP contribution in [0.4, 0.5) is 0 Å². The molecule has 0 aromatic heterocycles. The Morgan fingerprint density at radius 2 is 2.04 bits per heavy atom. The van der Waals surface area contributed by atoms with Crippen molar-refractivity contribution in [3.05, 3.63) is 0 Å². The quantitative estimate of drug-likeness (QED) is 0.333. The zero-order chi connectivity index (χ0) is 19.4. The lowest BCUT2D eigenvalue weighted by atomic mass is 10.1. The first-order valence-corrected chi connectivity index (χ1v) is 10.3. The topological polar surface area (TPSA) is 71.5 Å². The molecule has 9 heteroatoms. The Balaban J connectivity index is 0.00000280. The Kier molecular flexibility index (Phi) is 8.79. The van der Waals surface area contributed by atoms with Crippen LogP contribution in [0.15, 0.2) is 4.99 Å². The fourth-order valence-electron chi connectivity index (χ4n) is 4.36. The van der Waals surface area contributed by atoms with E-state index in [1.54, 1.807) is 19.0 Å². The number of hydrogen-bond acceptors (Lipinski definition) is 4. The molecular weight excluding hydrogens is 471 g/mol. The largest absolute Gasteiger partial charge is 0.355 e. The van der Waals surface area contributed by atoms with Crippen LogP contribution in [0.2, 0.25) is 0 Å². The summed E-state index contributed by atoms with van der Waals surface area (Å²) in [4.78, 5) is 36.9. The Bertz CT molecular complexity index is 585. The van der Waals surface area contributed by atoms with Gasteiger partial charge in [-0.05, 0) is 32.4 Å². The predicted octanol–water partition coefficient (Wildman–Crippen LogP) is 0.429. The molecule has 3 rings (SSSR count). The van der Waals surface area contributed by atoms with Crippen LogP contribution in [-0.2, 0) is 9.59 Å². The third kappa shape index (κ3) is 5.49. The second kappa shape index (κ2) is 10.6. The van der Waals surface area contributed by atoms with Gasteiger partial charge in [-0.2, -0.15) is 0 Å². The predicted molar refractivity (Wildman–Crippen MR) is 121 cm³/mol. The van der Waals surface area contributed by atoms with Crippen molar-refractivity contribution in [2.45, 2.75) is 44.7 Å². The van der Waals surface area contributed by atoms with E-state index < -0.39 is 0 Å². The van der Waals surface area contributed by atoms with Crippen molar-refractivity contribution in [2.24, 2.45) is 4.99 Å². The zero-order valence-corrected chi connectivity index (χ0v) is 19.7. The number of guanidine groups is 1. The van der Waals surface area contributed by atoms with E-state index in [-0.39, 0.29) is 48.4 Å². The maximum Gasteiger partial charge on any atom is 0.243 e. The molecule has 2 amide bonds. The number of amides is 2. The van der Waals surface area contributed by atoms with E-state index in [1.807, 2.05) is 4.90 Å². The Morgan fingerprint density at radius 1 is 1.25 bits per heavy atom. The van der Waals surface area contributed by atoms with Crippen molar-refractivity contribution in [1.29, 1.82) is 0 Å². The van der Waals surface area contributed by atoms with Gasteiger partial charge in [0.05, 0.1) is 0 Å². The van der Waals surface area contributed by atoms with Crippen molar-refractivity contribution >= 4 is 41.8 Å². The fraction of sp³-hybridized carbons (Fsp3) is 0.842. The summed E-state index contributed by atoms with van der Waals surface area (Å²) in [5.41, 5.74) is 0. The first-order valence-electron chi connectivity index (χ1n) is 10.3. The summed E-state index contributed by atoms with van der Waals surface area (Å²) in [6, 6.07) is 0.806. The molecule has 0 saturated carbocycles. The third-order valence-electron chi connectivity index (χ3n) is 6.06. The Morgan fingerprint density at radius 3 is 2.75 bits per heavy atom. The van der Waals surface area contributed by atoms with Gasteiger partial charge < -0.3 is 20.0 Å². The smallest absolute Gasteiger partial charge is 0.243 e. The van der Waals surface area contributed by atoms with Gasteiger partial charge in [0.2, 0.25) is 11.8 Å². The fourth-order valence-corrected chi connectivity index (χ4v) is 4.36. The molecule has 2 unspecified atom stereocenters. The Labute approximate surface area is 185 Å². The molecule has 3 aliphatic heterocycles. The van der Waals surface area contributed by atoms with Gasteiger partial charge in [0.25, 0.3) is 0 Å². The van der Waals surface area contributed by atoms with Gasteiger partial charge in [0.1, 0.15) is 6.54 Å². The van der Waals surface area contributed by atoms with Gasteiger partial charge >= 0.3 is 0 Å². The molecule has 0 aliphatic carbocycles. The van der Waals surface area contributed by atoms with Crippen LogP contribution in [0.5, 0.6) is 0 Å². The average molecular weight is 506 g/mol. The van der Waals surface area contributed by atoms with E-state index in [4.69, 9.17) is 0 Å². The number of aliphatic imine (C=N–C) groups is 1. The molecule has 1 N–H and O–H groups in total. The SMILES string of the molecule is CCN1CCCC1CNC(=NCC(=O)N(C)C)N1CCN2C(=O)CCC2C1.I. The number of fused-ring (bicyclic) bond motifs is 1. The van der Waals surface area contributed by atoms with Gasteiger partial charge in [0, 0.05) is 58.8 Å². The van der Waals surface area contributed by atoms with Crippen LogP contribution in [0.3, 0.4) is 0 Å². The normalized spacial score (nSPS) is 25.5. The highest BCUT2D eigenvalue weighted by Gasteiger charge is 2.36. The second-order valence-corrected chi connectivity index (χ2v) is 7.96. The first kappa shape index (κ1) is 23.2. The molecular formula is C19H35IN6O2. The van der Waals surface area contributed by atoms with Gasteiger partial charge in [-0.15, -0.1) is 24.0 Å². The molecule has 3 saturated heterocycles. The summed E-state index contributed by atoms with van der Waals surface area (Å²) in [5.74, 6) is 1.09. The van der Waals surface area contributed by atoms with E-state index >= 15 is 0 Å². The van der Waals surface area contributed by atoms with Gasteiger partial charge in [-0.1, -0.05) is 6.92 Å². The molecule has 0 bridgehead atoms. The molecule has 3 heterocycles. The van der Waals surface area contributed by atoms with Crippen LogP contribution < -0.4 is 5.32 Å². The highest BCUT2D eigenvalue weighted by atomic mass is 127. The first-order chi connectivity index (χ1) is 13.0. The molecule has 0 spiro atoms. The van der Waals surface area contributed by atoms with Crippen molar-refractivity contribution in [3.8, 4) is 0 Å². The molecule has 2 atom stereocenters. The monoisotopic (exact) mass is 506 g/mol. The minimum Gasteiger partial charge on any atom is -0.355 e. The number of nitrogens with one attached hydrogen (secondary N) is 1. The van der Waals surface area contributed by atoms with Crippen LogP contribution in [0.25, 0.3) is 0 Å².